The summed E-state index contributed by atoms with van der Waals surface area (Å²) in [5.41, 5.74) is 0.349. The fourth-order valence-electron chi connectivity index (χ4n) is 1.62. The van der Waals surface area contributed by atoms with Crippen molar-refractivity contribution < 1.29 is 27.9 Å². The second kappa shape index (κ2) is 7.19. The normalized spacial score (nSPS) is 11.1. The zero-order valence-electron chi connectivity index (χ0n) is 11.8. The molecule has 2 N–H and O–H groups in total. The number of sulfone groups is 1. The van der Waals surface area contributed by atoms with Crippen LogP contribution in [0.15, 0.2) is 23.1 Å². The molecule has 0 heterocycles. The van der Waals surface area contributed by atoms with Crippen molar-refractivity contribution in [3.05, 3.63) is 29.3 Å². The van der Waals surface area contributed by atoms with Crippen molar-refractivity contribution in [1.29, 1.82) is 0 Å². The Bertz CT molecular complexity index is 638. The van der Waals surface area contributed by atoms with Crippen molar-refractivity contribution in [3.8, 4) is 0 Å². The maximum atomic E-state index is 12.1. The van der Waals surface area contributed by atoms with Crippen molar-refractivity contribution in [2.24, 2.45) is 0 Å². The second-order valence-corrected chi connectivity index (χ2v) is 6.37. The lowest BCUT2D eigenvalue weighted by Crippen LogP contribution is -2.32. The number of amides is 1. The summed E-state index contributed by atoms with van der Waals surface area (Å²) in [6.45, 7) is 2.05. The fourth-order valence-corrected chi connectivity index (χ4v) is 2.81. The molecule has 0 aliphatic heterocycles. The average Bonchev–Trinajstić information content (AvgIpc) is 2.38. The van der Waals surface area contributed by atoms with Gasteiger partial charge in [-0.1, -0.05) is 6.07 Å². The summed E-state index contributed by atoms with van der Waals surface area (Å²) in [4.78, 5) is 22.4. The fraction of sp³-hybridized carbons (Fsp3) is 0.385. The highest BCUT2D eigenvalue weighted by atomic mass is 32.2. The highest BCUT2D eigenvalue weighted by Gasteiger charge is 2.21. The molecule has 0 unspecified atom stereocenters. The van der Waals surface area contributed by atoms with Crippen LogP contribution in [0.3, 0.4) is 0 Å². The zero-order valence-corrected chi connectivity index (χ0v) is 12.6. The Morgan fingerprint density at radius 2 is 2.00 bits per heavy atom. The Hall–Kier alpha value is -1.93. The van der Waals surface area contributed by atoms with E-state index in [1.807, 2.05) is 0 Å². The van der Waals surface area contributed by atoms with E-state index in [0.29, 0.717) is 5.56 Å². The van der Waals surface area contributed by atoms with Gasteiger partial charge in [0.15, 0.2) is 9.84 Å². The lowest BCUT2D eigenvalue weighted by Gasteiger charge is -2.08. The number of ether oxygens (including phenoxy) is 1. The Morgan fingerprint density at radius 1 is 1.33 bits per heavy atom. The van der Waals surface area contributed by atoms with Crippen LogP contribution in [0, 0.1) is 6.92 Å². The third kappa shape index (κ3) is 4.83. The van der Waals surface area contributed by atoms with Gasteiger partial charge in [-0.05, 0) is 24.6 Å². The van der Waals surface area contributed by atoms with Crippen LogP contribution in [0.5, 0.6) is 0 Å². The van der Waals surface area contributed by atoms with Crippen LogP contribution in [-0.2, 0) is 19.4 Å². The highest BCUT2D eigenvalue weighted by Crippen LogP contribution is 2.17. The summed E-state index contributed by atoms with van der Waals surface area (Å²) in [5, 5.41) is 11.4. The number of rotatable bonds is 7. The van der Waals surface area contributed by atoms with Crippen molar-refractivity contribution in [2.75, 3.05) is 26.0 Å². The van der Waals surface area contributed by atoms with Crippen LogP contribution >= 0.6 is 0 Å². The molecule has 0 bridgehead atoms. The van der Waals surface area contributed by atoms with Crippen LogP contribution in [-0.4, -0.2) is 51.4 Å². The third-order valence-corrected chi connectivity index (χ3v) is 4.36. The van der Waals surface area contributed by atoms with Gasteiger partial charge in [0.05, 0.1) is 17.1 Å². The first-order valence-corrected chi connectivity index (χ1v) is 7.75. The number of carboxylic acid groups (broad SMARTS) is 1. The van der Waals surface area contributed by atoms with Gasteiger partial charge in [-0.2, -0.15) is 0 Å². The van der Waals surface area contributed by atoms with Gasteiger partial charge in [-0.15, -0.1) is 0 Å². The lowest BCUT2D eigenvalue weighted by atomic mass is 10.1. The predicted molar refractivity (Wildman–Crippen MR) is 75.1 cm³/mol. The molecule has 21 heavy (non-hydrogen) atoms. The van der Waals surface area contributed by atoms with Crippen LogP contribution in [0.1, 0.15) is 15.9 Å². The van der Waals surface area contributed by atoms with E-state index < -0.39 is 27.5 Å². The Morgan fingerprint density at radius 3 is 2.57 bits per heavy atom. The van der Waals surface area contributed by atoms with Crippen LogP contribution in [0.25, 0.3) is 0 Å². The van der Waals surface area contributed by atoms with Crippen LogP contribution < -0.4 is 5.32 Å². The van der Waals surface area contributed by atoms with E-state index in [2.05, 4.69) is 5.32 Å². The number of aromatic carboxylic acids is 1. The minimum absolute atomic E-state index is 0.101. The molecule has 1 aromatic rings. The molecule has 0 saturated carbocycles. The summed E-state index contributed by atoms with van der Waals surface area (Å²) in [6, 6.07) is 3.76. The van der Waals surface area contributed by atoms with E-state index in [9.17, 15) is 18.0 Å². The molecule has 1 rings (SSSR count). The molecule has 1 amide bonds. The molecule has 116 valence electrons. The first kappa shape index (κ1) is 17.1. The molecule has 7 nitrogen and oxygen atoms in total. The van der Waals surface area contributed by atoms with Crippen molar-refractivity contribution in [1.82, 2.24) is 5.32 Å². The monoisotopic (exact) mass is 315 g/mol. The van der Waals surface area contributed by atoms with Gasteiger partial charge in [-0.3, -0.25) is 4.79 Å². The molecule has 0 aliphatic rings. The number of hydrogen-bond acceptors (Lipinski definition) is 5. The quantitative estimate of drug-likeness (QED) is 0.697. The summed E-state index contributed by atoms with van der Waals surface area (Å²) >= 11 is 0. The number of nitrogens with one attached hydrogen (secondary N) is 1. The molecule has 0 atom stereocenters. The van der Waals surface area contributed by atoms with E-state index in [4.69, 9.17) is 9.84 Å². The molecule has 0 fully saturated rings. The summed E-state index contributed by atoms with van der Waals surface area (Å²) in [6.07, 6.45) is 0. The third-order valence-electron chi connectivity index (χ3n) is 2.75. The van der Waals surface area contributed by atoms with Gasteiger partial charge >= 0.3 is 5.97 Å². The number of aryl methyl sites for hydroxylation is 1. The maximum Gasteiger partial charge on any atom is 0.335 e. The van der Waals surface area contributed by atoms with Crippen LogP contribution in [0.2, 0.25) is 0 Å². The van der Waals surface area contributed by atoms with Gasteiger partial charge in [0.1, 0.15) is 5.75 Å². The van der Waals surface area contributed by atoms with Crippen molar-refractivity contribution >= 4 is 21.7 Å². The first-order valence-electron chi connectivity index (χ1n) is 6.10. The average molecular weight is 315 g/mol. The van der Waals surface area contributed by atoms with E-state index >= 15 is 0 Å². The van der Waals surface area contributed by atoms with E-state index in [0.717, 1.165) is 6.07 Å². The SMILES string of the molecule is COCCNC(=O)CS(=O)(=O)c1ccc(C)c(C(=O)O)c1. The molecule has 1 aromatic carbocycles. The van der Waals surface area contributed by atoms with Gasteiger partial charge in [0, 0.05) is 13.7 Å². The van der Waals surface area contributed by atoms with Gasteiger partial charge in [0.2, 0.25) is 5.91 Å². The minimum atomic E-state index is -3.89. The van der Waals surface area contributed by atoms with Gasteiger partial charge < -0.3 is 15.2 Å². The van der Waals surface area contributed by atoms with Gasteiger partial charge in [-0.25, -0.2) is 13.2 Å². The highest BCUT2D eigenvalue weighted by molar-refractivity contribution is 7.92. The van der Waals surface area contributed by atoms with Crippen molar-refractivity contribution in [3.63, 3.8) is 0 Å². The Kier molecular flexibility index (Phi) is 5.86. The standard InChI is InChI=1S/C13H17NO6S/c1-9-3-4-10(7-11(9)13(16)17)21(18,19)8-12(15)14-5-6-20-2/h3-4,7H,5-6,8H2,1-2H3,(H,14,15)(H,16,17). The molecule has 8 heteroatoms. The smallest absolute Gasteiger partial charge is 0.335 e. The zero-order chi connectivity index (χ0) is 16.0. The van der Waals surface area contributed by atoms with Gasteiger partial charge in [0.25, 0.3) is 0 Å². The number of carbonyl (C=O) groups is 2. The van der Waals surface area contributed by atoms with E-state index in [1.165, 1.54) is 19.2 Å². The number of benzene rings is 1. The number of hydrogen-bond donors (Lipinski definition) is 2. The largest absolute Gasteiger partial charge is 0.478 e. The Balaban J connectivity index is 2.90. The van der Waals surface area contributed by atoms with Crippen molar-refractivity contribution in [2.45, 2.75) is 11.8 Å². The lowest BCUT2D eigenvalue weighted by molar-refractivity contribution is -0.118. The van der Waals surface area contributed by atoms with E-state index in [-0.39, 0.29) is 23.6 Å². The maximum absolute atomic E-state index is 12.1. The van der Waals surface area contributed by atoms with E-state index in [1.54, 1.807) is 6.92 Å². The minimum Gasteiger partial charge on any atom is -0.478 e. The molecule has 0 aliphatic carbocycles. The molecule has 0 radical (unpaired) electrons. The number of carboxylic acids is 1. The summed E-state index contributed by atoms with van der Waals surface area (Å²) in [5.74, 6) is -2.61. The summed E-state index contributed by atoms with van der Waals surface area (Å²) < 4.78 is 28.9. The number of methoxy groups -OCH3 is 1. The second-order valence-electron chi connectivity index (χ2n) is 4.38. The molecular formula is C13H17NO6S. The topological polar surface area (TPSA) is 110 Å². The molecule has 0 aromatic heterocycles. The Labute approximate surface area is 122 Å². The molecule has 0 saturated heterocycles. The summed E-state index contributed by atoms with van der Waals surface area (Å²) in [7, 11) is -2.42. The van der Waals surface area contributed by atoms with Crippen LogP contribution in [0.4, 0.5) is 0 Å². The number of carbonyl (C=O) groups excluding carboxylic acids is 1. The molecular weight excluding hydrogens is 298 g/mol. The molecule has 0 spiro atoms. The first-order chi connectivity index (χ1) is 9.77. The predicted octanol–water partition coefficient (Wildman–Crippen LogP) is 0.230.